The van der Waals surface area contributed by atoms with E-state index in [1.54, 1.807) is 6.20 Å². The predicted octanol–water partition coefficient (Wildman–Crippen LogP) is 3.26. The van der Waals surface area contributed by atoms with Gasteiger partial charge in [0, 0.05) is 10.8 Å². The molecular formula is C11H11BrN2. The van der Waals surface area contributed by atoms with Crippen molar-refractivity contribution in [2.75, 3.05) is 0 Å². The Labute approximate surface area is 91.5 Å². The monoisotopic (exact) mass is 250 g/mol. The molecule has 1 heterocycles. The first-order valence-corrected chi connectivity index (χ1v) is 5.28. The Morgan fingerprint density at radius 3 is 2.64 bits per heavy atom. The van der Waals surface area contributed by atoms with Crippen molar-refractivity contribution in [1.29, 1.82) is 0 Å². The minimum absolute atomic E-state index is 0.138. The van der Waals surface area contributed by atoms with Crippen molar-refractivity contribution < 1.29 is 0 Å². The second kappa shape index (κ2) is 3.31. The van der Waals surface area contributed by atoms with E-state index in [1.165, 1.54) is 0 Å². The molecule has 72 valence electrons. The van der Waals surface area contributed by atoms with Crippen LogP contribution in [0.5, 0.6) is 0 Å². The van der Waals surface area contributed by atoms with Crippen molar-refractivity contribution in [3.05, 3.63) is 36.2 Å². The topological polar surface area (TPSA) is 25.8 Å². The van der Waals surface area contributed by atoms with Gasteiger partial charge in [-0.3, -0.25) is 0 Å². The zero-order valence-electron chi connectivity index (χ0n) is 8.16. The molecule has 2 rings (SSSR count). The summed E-state index contributed by atoms with van der Waals surface area (Å²) in [6.07, 6.45) is 1.79. The lowest BCUT2D eigenvalue weighted by Crippen LogP contribution is -2.10. The van der Waals surface area contributed by atoms with Gasteiger partial charge in [-0.1, -0.05) is 40.2 Å². The standard InChI is InChI=1S/C11H11BrN2/c1-11(2,12)10-9-6-4-3-5-8(9)7-13-14-10/h3-7H,1-2H3. The normalized spacial score (nSPS) is 11.9. The second-order valence-electron chi connectivity index (χ2n) is 3.75. The summed E-state index contributed by atoms with van der Waals surface area (Å²) in [6.45, 7) is 4.15. The Hall–Kier alpha value is -0.960. The van der Waals surface area contributed by atoms with E-state index in [4.69, 9.17) is 0 Å². The fraction of sp³-hybridized carbons (Fsp3) is 0.273. The molecule has 0 bridgehead atoms. The maximum Gasteiger partial charge on any atom is 0.0870 e. The summed E-state index contributed by atoms with van der Waals surface area (Å²) >= 11 is 3.61. The van der Waals surface area contributed by atoms with Gasteiger partial charge in [0.25, 0.3) is 0 Å². The van der Waals surface area contributed by atoms with Gasteiger partial charge in [-0.2, -0.15) is 10.2 Å². The third-order valence-electron chi connectivity index (χ3n) is 2.13. The van der Waals surface area contributed by atoms with Crippen LogP contribution in [0.15, 0.2) is 30.5 Å². The number of hydrogen-bond donors (Lipinski definition) is 0. The summed E-state index contributed by atoms with van der Waals surface area (Å²) in [5.41, 5.74) is 0.982. The Morgan fingerprint density at radius 1 is 1.21 bits per heavy atom. The number of alkyl halides is 1. The average molecular weight is 251 g/mol. The molecule has 3 heteroatoms. The summed E-state index contributed by atoms with van der Waals surface area (Å²) in [4.78, 5) is 0. The molecule has 0 radical (unpaired) electrons. The minimum atomic E-state index is -0.138. The zero-order valence-corrected chi connectivity index (χ0v) is 9.75. The van der Waals surface area contributed by atoms with Crippen LogP contribution in [-0.4, -0.2) is 10.2 Å². The van der Waals surface area contributed by atoms with E-state index in [0.29, 0.717) is 0 Å². The van der Waals surface area contributed by atoms with Crippen LogP contribution in [-0.2, 0) is 4.32 Å². The lowest BCUT2D eigenvalue weighted by Gasteiger charge is -2.16. The van der Waals surface area contributed by atoms with E-state index in [0.717, 1.165) is 16.5 Å². The molecule has 0 N–H and O–H groups in total. The van der Waals surface area contributed by atoms with Crippen LogP contribution in [0.2, 0.25) is 0 Å². The lowest BCUT2D eigenvalue weighted by atomic mass is 10.0. The Morgan fingerprint density at radius 2 is 1.93 bits per heavy atom. The van der Waals surface area contributed by atoms with E-state index < -0.39 is 0 Å². The van der Waals surface area contributed by atoms with E-state index in [-0.39, 0.29) is 4.32 Å². The first-order valence-electron chi connectivity index (χ1n) is 4.49. The summed E-state index contributed by atoms with van der Waals surface area (Å²) in [7, 11) is 0. The summed E-state index contributed by atoms with van der Waals surface area (Å²) in [5.74, 6) is 0. The van der Waals surface area contributed by atoms with Gasteiger partial charge in [-0.15, -0.1) is 0 Å². The van der Waals surface area contributed by atoms with Crippen LogP contribution in [0.4, 0.5) is 0 Å². The molecular weight excluding hydrogens is 240 g/mol. The highest BCUT2D eigenvalue weighted by molar-refractivity contribution is 9.09. The molecule has 1 aromatic carbocycles. The summed E-state index contributed by atoms with van der Waals surface area (Å²) < 4.78 is -0.138. The fourth-order valence-corrected chi connectivity index (χ4v) is 1.76. The lowest BCUT2D eigenvalue weighted by molar-refractivity contribution is 0.749. The van der Waals surface area contributed by atoms with Gasteiger partial charge in [-0.05, 0) is 13.8 Å². The zero-order chi connectivity index (χ0) is 10.2. The molecule has 14 heavy (non-hydrogen) atoms. The molecule has 2 nitrogen and oxygen atoms in total. The summed E-state index contributed by atoms with van der Waals surface area (Å²) in [5, 5.41) is 10.5. The first kappa shape index (κ1) is 9.59. The molecule has 0 unspecified atom stereocenters. The molecule has 0 spiro atoms. The van der Waals surface area contributed by atoms with Gasteiger partial charge in [0.1, 0.15) is 0 Å². The van der Waals surface area contributed by atoms with Gasteiger partial charge in [0.2, 0.25) is 0 Å². The summed E-state index contributed by atoms with van der Waals surface area (Å²) in [6, 6.07) is 8.15. The van der Waals surface area contributed by atoms with Crippen LogP contribution in [0, 0.1) is 0 Å². The van der Waals surface area contributed by atoms with Crippen LogP contribution in [0.1, 0.15) is 19.5 Å². The molecule has 0 saturated carbocycles. The van der Waals surface area contributed by atoms with Gasteiger partial charge >= 0.3 is 0 Å². The molecule has 2 aromatic rings. The maximum atomic E-state index is 4.18. The molecule has 0 saturated heterocycles. The Kier molecular flexibility index (Phi) is 2.27. The molecule has 0 amide bonds. The number of aromatic nitrogens is 2. The highest BCUT2D eigenvalue weighted by Gasteiger charge is 2.20. The molecule has 0 aliphatic rings. The van der Waals surface area contributed by atoms with Crippen LogP contribution < -0.4 is 0 Å². The van der Waals surface area contributed by atoms with Crippen LogP contribution in [0.25, 0.3) is 10.8 Å². The number of nitrogens with zero attached hydrogens (tertiary/aromatic N) is 2. The predicted molar refractivity (Wildman–Crippen MR) is 61.5 cm³/mol. The first-order chi connectivity index (χ1) is 6.59. The smallest absolute Gasteiger partial charge is 0.0870 e. The highest BCUT2D eigenvalue weighted by atomic mass is 79.9. The number of benzene rings is 1. The fourth-order valence-electron chi connectivity index (χ4n) is 1.47. The van der Waals surface area contributed by atoms with Gasteiger partial charge < -0.3 is 0 Å². The maximum absolute atomic E-state index is 4.18. The van der Waals surface area contributed by atoms with Crippen molar-refractivity contribution in [2.24, 2.45) is 0 Å². The van der Waals surface area contributed by atoms with Crippen molar-refractivity contribution >= 4 is 26.7 Å². The molecule has 0 aliphatic carbocycles. The highest BCUT2D eigenvalue weighted by Crippen LogP contribution is 2.32. The molecule has 0 fully saturated rings. The second-order valence-corrected chi connectivity index (χ2v) is 5.74. The van der Waals surface area contributed by atoms with E-state index in [9.17, 15) is 0 Å². The number of halogens is 1. The number of rotatable bonds is 1. The minimum Gasteiger partial charge on any atom is -0.158 e. The average Bonchev–Trinajstić information content (AvgIpc) is 2.15. The molecule has 1 aromatic heterocycles. The van der Waals surface area contributed by atoms with Crippen molar-refractivity contribution in [3.63, 3.8) is 0 Å². The van der Waals surface area contributed by atoms with E-state index >= 15 is 0 Å². The third kappa shape index (κ3) is 1.64. The van der Waals surface area contributed by atoms with Gasteiger partial charge in [0.15, 0.2) is 0 Å². The number of fused-ring (bicyclic) bond motifs is 1. The SMILES string of the molecule is CC(C)(Br)c1nncc2ccccc12. The van der Waals surface area contributed by atoms with Gasteiger partial charge in [0.05, 0.1) is 16.2 Å². The Bertz CT molecular complexity index is 455. The van der Waals surface area contributed by atoms with E-state index in [1.807, 2.05) is 18.2 Å². The van der Waals surface area contributed by atoms with E-state index in [2.05, 4.69) is 46.0 Å². The van der Waals surface area contributed by atoms with Gasteiger partial charge in [-0.25, -0.2) is 0 Å². The van der Waals surface area contributed by atoms with Crippen molar-refractivity contribution in [3.8, 4) is 0 Å². The number of hydrogen-bond acceptors (Lipinski definition) is 2. The Balaban J connectivity index is 2.78. The molecule has 0 atom stereocenters. The van der Waals surface area contributed by atoms with Crippen molar-refractivity contribution in [2.45, 2.75) is 18.2 Å². The molecule has 0 aliphatic heterocycles. The third-order valence-corrected chi connectivity index (χ3v) is 2.51. The largest absolute Gasteiger partial charge is 0.158 e. The quantitative estimate of drug-likeness (QED) is 0.727. The van der Waals surface area contributed by atoms with Crippen LogP contribution >= 0.6 is 15.9 Å². The van der Waals surface area contributed by atoms with Crippen molar-refractivity contribution in [1.82, 2.24) is 10.2 Å². The van der Waals surface area contributed by atoms with Crippen LogP contribution in [0.3, 0.4) is 0 Å².